The molecule has 2 heterocycles. The van der Waals surface area contributed by atoms with Gasteiger partial charge < -0.3 is 10.5 Å². The SMILES string of the molecule is C[C@@H](N)c1ccnc(Oc2cncc(Br)c2)c1. The van der Waals surface area contributed by atoms with Crippen molar-refractivity contribution in [2.24, 2.45) is 5.73 Å². The molecule has 0 aromatic carbocycles. The van der Waals surface area contributed by atoms with Gasteiger partial charge in [0.15, 0.2) is 0 Å². The number of nitrogens with zero attached hydrogens (tertiary/aromatic N) is 2. The van der Waals surface area contributed by atoms with Crippen molar-refractivity contribution < 1.29 is 4.74 Å². The van der Waals surface area contributed by atoms with Crippen LogP contribution in [-0.2, 0) is 0 Å². The van der Waals surface area contributed by atoms with E-state index in [0.717, 1.165) is 10.0 Å². The summed E-state index contributed by atoms with van der Waals surface area (Å²) in [5.74, 6) is 1.15. The zero-order chi connectivity index (χ0) is 12.3. The van der Waals surface area contributed by atoms with Crippen LogP contribution in [0.1, 0.15) is 18.5 Å². The van der Waals surface area contributed by atoms with E-state index in [9.17, 15) is 0 Å². The Morgan fingerprint density at radius 3 is 2.88 bits per heavy atom. The van der Waals surface area contributed by atoms with Crippen molar-refractivity contribution in [1.82, 2.24) is 9.97 Å². The maximum atomic E-state index is 5.80. The number of halogens is 1. The smallest absolute Gasteiger partial charge is 0.219 e. The standard InChI is InChI=1S/C12H12BrN3O/c1-8(14)9-2-3-16-12(4-9)17-11-5-10(13)6-15-7-11/h2-8H,14H2,1H3/t8-/m1/s1. The van der Waals surface area contributed by atoms with Crippen LogP contribution in [0.25, 0.3) is 0 Å². The average Bonchev–Trinajstić information content (AvgIpc) is 2.29. The Morgan fingerprint density at radius 1 is 1.35 bits per heavy atom. The van der Waals surface area contributed by atoms with Gasteiger partial charge in [-0.05, 0) is 40.5 Å². The monoisotopic (exact) mass is 293 g/mol. The summed E-state index contributed by atoms with van der Waals surface area (Å²) < 4.78 is 6.45. The van der Waals surface area contributed by atoms with Crippen LogP contribution in [0.2, 0.25) is 0 Å². The molecular weight excluding hydrogens is 282 g/mol. The topological polar surface area (TPSA) is 61.0 Å². The molecule has 17 heavy (non-hydrogen) atoms. The van der Waals surface area contributed by atoms with Crippen LogP contribution in [0.15, 0.2) is 41.3 Å². The molecule has 0 fully saturated rings. The summed E-state index contributed by atoms with van der Waals surface area (Å²) >= 11 is 3.33. The fourth-order valence-electron chi connectivity index (χ4n) is 1.33. The van der Waals surface area contributed by atoms with Crippen LogP contribution in [0.3, 0.4) is 0 Å². The van der Waals surface area contributed by atoms with Crippen molar-refractivity contribution in [3.8, 4) is 11.6 Å². The number of aromatic nitrogens is 2. The molecule has 2 rings (SSSR count). The molecule has 0 aliphatic heterocycles. The second-order valence-electron chi connectivity index (χ2n) is 3.66. The molecule has 0 unspecified atom stereocenters. The Balaban J connectivity index is 2.21. The number of hydrogen-bond acceptors (Lipinski definition) is 4. The number of nitrogens with two attached hydrogens (primary N) is 1. The largest absolute Gasteiger partial charge is 0.437 e. The molecule has 0 saturated heterocycles. The highest BCUT2D eigenvalue weighted by atomic mass is 79.9. The lowest BCUT2D eigenvalue weighted by Crippen LogP contribution is -2.05. The van der Waals surface area contributed by atoms with Crippen LogP contribution >= 0.6 is 15.9 Å². The highest BCUT2D eigenvalue weighted by molar-refractivity contribution is 9.10. The van der Waals surface area contributed by atoms with Gasteiger partial charge in [0.05, 0.1) is 6.20 Å². The minimum atomic E-state index is -0.0408. The first kappa shape index (κ1) is 12.0. The highest BCUT2D eigenvalue weighted by Crippen LogP contribution is 2.23. The van der Waals surface area contributed by atoms with Crippen LogP contribution < -0.4 is 10.5 Å². The molecule has 0 spiro atoms. The first-order chi connectivity index (χ1) is 8.15. The summed E-state index contributed by atoms with van der Waals surface area (Å²) in [4.78, 5) is 8.14. The van der Waals surface area contributed by atoms with Gasteiger partial charge in [0.2, 0.25) is 5.88 Å². The molecule has 0 radical (unpaired) electrons. The fraction of sp³-hybridized carbons (Fsp3) is 0.167. The summed E-state index contributed by atoms with van der Waals surface area (Å²) in [5.41, 5.74) is 6.78. The van der Waals surface area contributed by atoms with E-state index in [0.29, 0.717) is 11.6 Å². The van der Waals surface area contributed by atoms with Gasteiger partial charge in [-0.1, -0.05) is 0 Å². The Hall–Kier alpha value is -1.46. The molecule has 0 aliphatic carbocycles. The summed E-state index contributed by atoms with van der Waals surface area (Å²) in [5, 5.41) is 0. The summed E-state index contributed by atoms with van der Waals surface area (Å²) in [6, 6.07) is 5.48. The minimum Gasteiger partial charge on any atom is -0.437 e. The Morgan fingerprint density at radius 2 is 2.18 bits per heavy atom. The van der Waals surface area contributed by atoms with Crippen molar-refractivity contribution in [3.63, 3.8) is 0 Å². The zero-order valence-corrected chi connectivity index (χ0v) is 10.9. The molecule has 4 nitrogen and oxygen atoms in total. The second-order valence-corrected chi connectivity index (χ2v) is 4.57. The third-order valence-electron chi connectivity index (χ3n) is 2.19. The van der Waals surface area contributed by atoms with Crippen molar-refractivity contribution >= 4 is 15.9 Å². The van der Waals surface area contributed by atoms with E-state index < -0.39 is 0 Å². The molecule has 2 aromatic heterocycles. The fourth-order valence-corrected chi connectivity index (χ4v) is 1.68. The quantitative estimate of drug-likeness (QED) is 0.945. The Bertz CT molecular complexity index is 517. The molecule has 5 heteroatoms. The van der Waals surface area contributed by atoms with Crippen LogP contribution in [0.5, 0.6) is 11.6 Å². The summed E-state index contributed by atoms with van der Waals surface area (Å²) in [6.07, 6.45) is 5.00. The molecule has 0 amide bonds. The first-order valence-corrected chi connectivity index (χ1v) is 5.94. The van der Waals surface area contributed by atoms with Crippen LogP contribution in [0, 0.1) is 0 Å². The molecular formula is C12H12BrN3O. The lowest BCUT2D eigenvalue weighted by molar-refractivity contribution is 0.459. The normalized spacial score (nSPS) is 12.2. The van der Waals surface area contributed by atoms with Gasteiger partial charge in [-0.3, -0.25) is 4.98 Å². The molecule has 0 aliphatic rings. The van der Waals surface area contributed by atoms with Crippen molar-refractivity contribution in [2.75, 3.05) is 0 Å². The van der Waals surface area contributed by atoms with Crippen LogP contribution in [-0.4, -0.2) is 9.97 Å². The first-order valence-electron chi connectivity index (χ1n) is 5.15. The highest BCUT2D eigenvalue weighted by Gasteiger charge is 2.04. The zero-order valence-electron chi connectivity index (χ0n) is 9.30. The van der Waals surface area contributed by atoms with E-state index in [1.54, 1.807) is 18.6 Å². The van der Waals surface area contributed by atoms with E-state index >= 15 is 0 Å². The molecule has 88 valence electrons. The molecule has 0 saturated carbocycles. The van der Waals surface area contributed by atoms with Gasteiger partial charge in [-0.25, -0.2) is 4.98 Å². The molecule has 2 N–H and O–H groups in total. The van der Waals surface area contributed by atoms with Crippen LogP contribution in [0.4, 0.5) is 0 Å². The number of rotatable bonds is 3. The van der Waals surface area contributed by atoms with E-state index in [4.69, 9.17) is 10.5 Å². The summed E-state index contributed by atoms with van der Waals surface area (Å²) in [7, 11) is 0. The Kier molecular flexibility index (Phi) is 3.71. The van der Waals surface area contributed by atoms with Crippen molar-refractivity contribution in [1.29, 1.82) is 0 Å². The third-order valence-corrected chi connectivity index (χ3v) is 2.62. The lowest BCUT2D eigenvalue weighted by atomic mass is 10.1. The number of pyridine rings is 2. The predicted molar refractivity (Wildman–Crippen MR) is 68.9 cm³/mol. The maximum Gasteiger partial charge on any atom is 0.219 e. The van der Waals surface area contributed by atoms with Gasteiger partial charge in [0.1, 0.15) is 5.75 Å². The minimum absolute atomic E-state index is 0.0408. The molecule has 1 atom stereocenters. The van der Waals surface area contributed by atoms with Gasteiger partial charge in [0, 0.05) is 29.0 Å². The van der Waals surface area contributed by atoms with Gasteiger partial charge >= 0.3 is 0 Å². The van der Waals surface area contributed by atoms with E-state index in [1.165, 1.54) is 0 Å². The van der Waals surface area contributed by atoms with Crippen molar-refractivity contribution in [2.45, 2.75) is 13.0 Å². The van der Waals surface area contributed by atoms with Gasteiger partial charge in [0.25, 0.3) is 0 Å². The van der Waals surface area contributed by atoms with Gasteiger partial charge in [-0.15, -0.1) is 0 Å². The van der Waals surface area contributed by atoms with Gasteiger partial charge in [-0.2, -0.15) is 0 Å². The maximum absolute atomic E-state index is 5.80. The van der Waals surface area contributed by atoms with E-state index in [-0.39, 0.29) is 6.04 Å². The molecule has 2 aromatic rings. The second kappa shape index (κ2) is 5.25. The number of hydrogen-bond donors (Lipinski definition) is 1. The number of ether oxygens (including phenoxy) is 1. The van der Waals surface area contributed by atoms with E-state index in [2.05, 4.69) is 25.9 Å². The predicted octanol–water partition coefficient (Wildman–Crippen LogP) is 3.05. The third kappa shape index (κ3) is 3.25. The van der Waals surface area contributed by atoms with Crippen molar-refractivity contribution in [3.05, 3.63) is 46.8 Å². The Labute approximate surface area is 108 Å². The lowest BCUT2D eigenvalue weighted by Gasteiger charge is -2.08. The average molecular weight is 294 g/mol. The summed E-state index contributed by atoms with van der Waals surface area (Å²) in [6.45, 7) is 1.92. The molecule has 0 bridgehead atoms. The van der Waals surface area contributed by atoms with E-state index in [1.807, 2.05) is 25.1 Å².